The summed E-state index contributed by atoms with van der Waals surface area (Å²) in [6, 6.07) is 13.1. The first-order chi connectivity index (χ1) is 12.6. The molecule has 4 rings (SSSR count). The van der Waals surface area contributed by atoms with Crippen LogP contribution in [0.3, 0.4) is 0 Å². The van der Waals surface area contributed by atoms with Crippen LogP contribution in [0, 0.1) is 6.92 Å². The van der Waals surface area contributed by atoms with E-state index in [9.17, 15) is 4.79 Å². The molecule has 5 nitrogen and oxygen atoms in total. The quantitative estimate of drug-likeness (QED) is 0.754. The second-order valence-electron chi connectivity index (χ2n) is 6.51. The number of amides is 1. The van der Waals surface area contributed by atoms with Crippen molar-refractivity contribution in [1.82, 2.24) is 9.97 Å². The van der Waals surface area contributed by atoms with Crippen molar-refractivity contribution in [3.63, 3.8) is 0 Å². The number of carbonyl (C=O) groups is 1. The number of hydrogen-bond acceptors (Lipinski definition) is 4. The Morgan fingerprint density at radius 1 is 1.23 bits per heavy atom. The molecule has 6 heteroatoms. The maximum Gasteiger partial charge on any atom is 0.247 e. The topological polar surface area (TPSA) is 58.1 Å². The van der Waals surface area contributed by atoms with Crippen molar-refractivity contribution >= 4 is 39.9 Å². The Labute approximate surface area is 157 Å². The third-order valence-electron chi connectivity index (χ3n) is 4.80. The lowest BCUT2D eigenvalue weighted by Crippen LogP contribution is -2.40. The second-order valence-corrected chi connectivity index (χ2v) is 6.95. The molecule has 1 unspecified atom stereocenters. The first kappa shape index (κ1) is 16.8. The van der Waals surface area contributed by atoms with Gasteiger partial charge in [-0.2, -0.15) is 0 Å². The van der Waals surface area contributed by atoms with E-state index in [4.69, 9.17) is 11.6 Å². The molecule has 26 heavy (non-hydrogen) atoms. The zero-order valence-electron chi connectivity index (χ0n) is 14.4. The van der Waals surface area contributed by atoms with Gasteiger partial charge in [-0.1, -0.05) is 23.7 Å². The van der Waals surface area contributed by atoms with Gasteiger partial charge in [-0.15, -0.1) is 0 Å². The Morgan fingerprint density at radius 3 is 2.92 bits per heavy atom. The Balaban J connectivity index is 1.62. The highest BCUT2D eigenvalue weighted by atomic mass is 35.5. The average molecular weight is 367 g/mol. The zero-order chi connectivity index (χ0) is 18.1. The van der Waals surface area contributed by atoms with Crippen LogP contribution in [0.5, 0.6) is 0 Å². The lowest BCUT2D eigenvalue weighted by molar-refractivity contribution is -0.117. The standard InChI is InChI=1S/C20H19ClN4O/c1-13-11-14(21)8-9-16(13)24-20(26)18-7-4-10-25(18)19-15-5-2-3-6-17(15)22-12-23-19/h2-3,5-6,8-9,11-12,18H,4,7,10H2,1H3,(H,24,26). The van der Waals surface area contributed by atoms with Crippen molar-refractivity contribution < 1.29 is 4.79 Å². The predicted molar refractivity (Wildman–Crippen MR) is 105 cm³/mol. The molecule has 1 aliphatic heterocycles. The Kier molecular flexibility index (Phi) is 4.47. The summed E-state index contributed by atoms with van der Waals surface area (Å²) < 4.78 is 0. The highest BCUT2D eigenvalue weighted by molar-refractivity contribution is 6.30. The lowest BCUT2D eigenvalue weighted by Gasteiger charge is -2.26. The van der Waals surface area contributed by atoms with Gasteiger partial charge in [0.1, 0.15) is 18.2 Å². The van der Waals surface area contributed by atoms with Gasteiger partial charge in [-0.25, -0.2) is 9.97 Å². The van der Waals surface area contributed by atoms with Crippen molar-refractivity contribution in [2.24, 2.45) is 0 Å². The number of aryl methyl sites for hydroxylation is 1. The van der Waals surface area contributed by atoms with Gasteiger partial charge in [0.15, 0.2) is 0 Å². The molecule has 1 fully saturated rings. The minimum Gasteiger partial charge on any atom is -0.344 e. The number of benzene rings is 2. The van der Waals surface area contributed by atoms with Crippen LogP contribution in [-0.2, 0) is 4.79 Å². The van der Waals surface area contributed by atoms with E-state index in [1.54, 1.807) is 12.4 Å². The summed E-state index contributed by atoms with van der Waals surface area (Å²) in [5.41, 5.74) is 2.62. The summed E-state index contributed by atoms with van der Waals surface area (Å²) in [7, 11) is 0. The molecule has 1 atom stereocenters. The molecule has 1 N–H and O–H groups in total. The van der Waals surface area contributed by atoms with Gasteiger partial charge in [0.05, 0.1) is 5.52 Å². The van der Waals surface area contributed by atoms with Crippen LogP contribution in [0.4, 0.5) is 11.5 Å². The van der Waals surface area contributed by atoms with E-state index >= 15 is 0 Å². The highest BCUT2D eigenvalue weighted by Crippen LogP contribution is 2.30. The van der Waals surface area contributed by atoms with Crippen molar-refractivity contribution in [2.75, 3.05) is 16.8 Å². The van der Waals surface area contributed by atoms with Crippen LogP contribution >= 0.6 is 11.6 Å². The van der Waals surface area contributed by atoms with Crippen LogP contribution in [0.2, 0.25) is 5.02 Å². The highest BCUT2D eigenvalue weighted by Gasteiger charge is 2.32. The fourth-order valence-electron chi connectivity index (χ4n) is 3.50. The Hall–Kier alpha value is -2.66. The molecule has 2 aromatic carbocycles. The van der Waals surface area contributed by atoms with Crippen LogP contribution in [0.15, 0.2) is 48.8 Å². The number of rotatable bonds is 3. The van der Waals surface area contributed by atoms with Crippen LogP contribution in [-0.4, -0.2) is 28.5 Å². The summed E-state index contributed by atoms with van der Waals surface area (Å²) in [6.45, 7) is 2.74. The normalized spacial score (nSPS) is 16.8. The molecule has 1 amide bonds. The average Bonchev–Trinajstić information content (AvgIpc) is 3.13. The molecule has 1 aromatic heterocycles. The third-order valence-corrected chi connectivity index (χ3v) is 5.03. The number of nitrogens with zero attached hydrogens (tertiary/aromatic N) is 3. The van der Waals surface area contributed by atoms with E-state index in [2.05, 4.69) is 20.2 Å². The number of fused-ring (bicyclic) bond motifs is 1. The number of para-hydroxylation sites is 1. The summed E-state index contributed by atoms with van der Waals surface area (Å²) >= 11 is 6.00. The van der Waals surface area contributed by atoms with Crippen molar-refractivity contribution in [3.05, 3.63) is 59.4 Å². The smallest absolute Gasteiger partial charge is 0.247 e. The molecule has 0 saturated carbocycles. The van der Waals surface area contributed by atoms with E-state index in [0.717, 1.165) is 47.4 Å². The van der Waals surface area contributed by atoms with Crippen LogP contribution < -0.4 is 10.2 Å². The fourth-order valence-corrected chi connectivity index (χ4v) is 3.72. The maximum atomic E-state index is 12.9. The maximum absolute atomic E-state index is 12.9. The van der Waals surface area contributed by atoms with Gasteiger partial charge in [0.25, 0.3) is 0 Å². The van der Waals surface area contributed by atoms with Crippen LogP contribution in [0.1, 0.15) is 18.4 Å². The number of aromatic nitrogens is 2. The van der Waals surface area contributed by atoms with Crippen LogP contribution in [0.25, 0.3) is 10.9 Å². The summed E-state index contributed by atoms with van der Waals surface area (Å²) in [5.74, 6) is 0.802. The molecular formula is C20H19ClN4O. The van der Waals surface area contributed by atoms with Gasteiger partial charge in [-0.05, 0) is 55.7 Å². The number of hydrogen-bond donors (Lipinski definition) is 1. The number of carbonyl (C=O) groups excluding carboxylic acids is 1. The fraction of sp³-hybridized carbons (Fsp3) is 0.250. The molecule has 0 radical (unpaired) electrons. The minimum absolute atomic E-state index is 0.0179. The van der Waals surface area contributed by atoms with Gasteiger partial charge in [0.2, 0.25) is 5.91 Å². The molecule has 0 spiro atoms. The van der Waals surface area contributed by atoms with Crippen molar-refractivity contribution in [1.29, 1.82) is 0 Å². The monoisotopic (exact) mass is 366 g/mol. The Morgan fingerprint density at radius 2 is 2.08 bits per heavy atom. The predicted octanol–water partition coefficient (Wildman–Crippen LogP) is 4.20. The van der Waals surface area contributed by atoms with E-state index in [0.29, 0.717) is 5.02 Å². The second kappa shape index (κ2) is 6.92. The summed E-state index contributed by atoms with van der Waals surface area (Å²) in [4.78, 5) is 23.8. The molecule has 1 aliphatic rings. The zero-order valence-corrected chi connectivity index (χ0v) is 15.2. The molecule has 132 valence electrons. The lowest BCUT2D eigenvalue weighted by atomic mass is 10.1. The van der Waals surface area contributed by atoms with E-state index < -0.39 is 0 Å². The molecular weight excluding hydrogens is 348 g/mol. The molecule has 1 saturated heterocycles. The van der Waals surface area contributed by atoms with Crippen molar-refractivity contribution in [2.45, 2.75) is 25.8 Å². The first-order valence-corrected chi connectivity index (χ1v) is 9.05. The van der Waals surface area contributed by atoms with Gasteiger partial charge < -0.3 is 10.2 Å². The van der Waals surface area contributed by atoms with Crippen molar-refractivity contribution in [3.8, 4) is 0 Å². The minimum atomic E-state index is -0.247. The first-order valence-electron chi connectivity index (χ1n) is 8.67. The molecule has 0 aliphatic carbocycles. The van der Waals surface area contributed by atoms with E-state index in [-0.39, 0.29) is 11.9 Å². The van der Waals surface area contributed by atoms with Gasteiger partial charge in [0, 0.05) is 22.6 Å². The number of anilines is 2. The SMILES string of the molecule is Cc1cc(Cl)ccc1NC(=O)C1CCCN1c1ncnc2ccccc12. The number of nitrogens with one attached hydrogen (secondary N) is 1. The molecule has 2 heterocycles. The Bertz CT molecular complexity index is 970. The molecule has 0 bridgehead atoms. The molecule has 3 aromatic rings. The van der Waals surface area contributed by atoms with E-state index in [1.807, 2.05) is 43.3 Å². The van der Waals surface area contributed by atoms with E-state index in [1.165, 1.54) is 0 Å². The summed E-state index contributed by atoms with van der Waals surface area (Å²) in [6.07, 6.45) is 3.32. The van der Waals surface area contributed by atoms with Gasteiger partial charge >= 0.3 is 0 Å². The largest absolute Gasteiger partial charge is 0.344 e. The number of halogens is 1. The summed E-state index contributed by atoms with van der Waals surface area (Å²) in [5, 5.41) is 4.68. The van der Waals surface area contributed by atoms with Gasteiger partial charge in [-0.3, -0.25) is 4.79 Å². The third kappa shape index (κ3) is 3.10.